The number of esters is 1. The first-order valence-corrected chi connectivity index (χ1v) is 8.66. The average Bonchev–Trinajstić information content (AvgIpc) is 3.28. The minimum atomic E-state index is -0.566. The van der Waals surface area contributed by atoms with Crippen molar-refractivity contribution < 1.29 is 19.1 Å². The molecule has 0 radical (unpaired) electrons. The first-order valence-electron chi connectivity index (χ1n) is 7.78. The van der Waals surface area contributed by atoms with E-state index >= 15 is 0 Å². The van der Waals surface area contributed by atoms with Crippen LogP contribution in [0.4, 0.5) is 0 Å². The van der Waals surface area contributed by atoms with Crippen molar-refractivity contribution in [2.24, 2.45) is 0 Å². The highest BCUT2D eigenvalue weighted by Crippen LogP contribution is 2.21. The number of nitrogens with one attached hydrogen (secondary N) is 2. The highest BCUT2D eigenvalue weighted by atomic mass is 32.1. The maximum Gasteiger partial charge on any atom is 0.355 e. The van der Waals surface area contributed by atoms with Crippen LogP contribution in [0.1, 0.15) is 15.4 Å². The summed E-state index contributed by atoms with van der Waals surface area (Å²) in [5.41, 5.74) is 1.07. The van der Waals surface area contributed by atoms with Gasteiger partial charge in [-0.25, -0.2) is 4.79 Å². The Labute approximate surface area is 148 Å². The van der Waals surface area contributed by atoms with Crippen molar-refractivity contribution in [1.82, 2.24) is 10.3 Å². The third-order valence-electron chi connectivity index (χ3n) is 3.66. The molecule has 0 aliphatic heterocycles. The quantitative estimate of drug-likeness (QED) is 0.637. The van der Waals surface area contributed by atoms with Gasteiger partial charge >= 0.3 is 5.97 Å². The second-order valence-electron chi connectivity index (χ2n) is 5.39. The monoisotopic (exact) mass is 358 g/mol. The van der Waals surface area contributed by atoms with Gasteiger partial charge in [0, 0.05) is 28.4 Å². The van der Waals surface area contributed by atoms with Crippen molar-refractivity contribution in [2.45, 2.75) is 6.42 Å². The summed E-state index contributed by atoms with van der Waals surface area (Å²) in [6.45, 7) is 0.213. The lowest BCUT2D eigenvalue weighted by molar-refractivity contribution is -0.124. The molecule has 0 saturated carbocycles. The Kier molecular flexibility index (Phi) is 5.35. The zero-order valence-electron chi connectivity index (χ0n) is 13.7. The van der Waals surface area contributed by atoms with Crippen LogP contribution in [0, 0.1) is 0 Å². The van der Waals surface area contributed by atoms with Crippen LogP contribution in [0.2, 0.25) is 0 Å². The number of hydrogen-bond acceptors (Lipinski definition) is 5. The molecule has 0 atom stereocenters. The Hall–Kier alpha value is -2.80. The zero-order chi connectivity index (χ0) is 17.6. The van der Waals surface area contributed by atoms with E-state index in [0.29, 0.717) is 18.0 Å². The van der Waals surface area contributed by atoms with Crippen LogP contribution >= 0.6 is 11.3 Å². The Bertz CT molecular complexity index is 870. The van der Waals surface area contributed by atoms with Gasteiger partial charge < -0.3 is 19.8 Å². The number of benzene rings is 1. The number of amides is 1. The maximum atomic E-state index is 12.1. The van der Waals surface area contributed by atoms with Gasteiger partial charge in [-0.15, -0.1) is 11.3 Å². The fourth-order valence-electron chi connectivity index (χ4n) is 2.38. The minimum absolute atomic E-state index is 0.301. The minimum Gasteiger partial charge on any atom is -0.497 e. The summed E-state index contributed by atoms with van der Waals surface area (Å²) in [4.78, 5) is 28.0. The van der Waals surface area contributed by atoms with E-state index in [-0.39, 0.29) is 12.5 Å². The van der Waals surface area contributed by atoms with Gasteiger partial charge in [0.05, 0.1) is 7.11 Å². The molecule has 0 aliphatic rings. The average molecular weight is 358 g/mol. The van der Waals surface area contributed by atoms with Crippen molar-refractivity contribution in [2.75, 3.05) is 20.3 Å². The number of carbonyl (C=O) groups excluding carboxylic acids is 2. The van der Waals surface area contributed by atoms with E-state index in [0.717, 1.165) is 17.3 Å². The first kappa shape index (κ1) is 17.0. The maximum absolute atomic E-state index is 12.1. The number of thiophene rings is 1. The van der Waals surface area contributed by atoms with Crippen molar-refractivity contribution in [1.29, 1.82) is 0 Å². The number of rotatable bonds is 7. The lowest BCUT2D eigenvalue weighted by atomic mass is 10.2. The van der Waals surface area contributed by atoms with E-state index in [9.17, 15) is 9.59 Å². The summed E-state index contributed by atoms with van der Waals surface area (Å²) in [5.74, 6) is -0.189. The summed E-state index contributed by atoms with van der Waals surface area (Å²) in [7, 11) is 1.58. The van der Waals surface area contributed by atoms with Crippen LogP contribution in [0.15, 0.2) is 41.8 Å². The third kappa shape index (κ3) is 4.39. The molecule has 0 saturated heterocycles. The summed E-state index contributed by atoms with van der Waals surface area (Å²) in [6.07, 6.45) is 0.765. The molecular formula is C18H18N2O4S. The fourth-order valence-corrected chi connectivity index (χ4v) is 3.09. The highest BCUT2D eigenvalue weighted by Gasteiger charge is 2.13. The Morgan fingerprint density at radius 3 is 2.88 bits per heavy atom. The number of hydrogen-bond donors (Lipinski definition) is 2. The SMILES string of the molecule is COc1ccc2cc(C(=O)OCC(=O)NCCc3cccs3)[nH]c2c1. The van der Waals surface area contributed by atoms with E-state index < -0.39 is 5.97 Å². The van der Waals surface area contributed by atoms with E-state index in [1.54, 1.807) is 30.6 Å². The predicted molar refractivity (Wildman–Crippen MR) is 96.2 cm³/mol. The Morgan fingerprint density at radius 1 is 1.24 bits per heavy atom. The second kappa shape index (κ2) is 7.85. The van der Waals surface area contributed by atoms with Crippen LogP contribution in [-0.4, -0.2) is 37.1 Å². The highest BCUT2D eigenvalue weighted by molar-refractivity contribution is 7.09. The Balaban J connectivity index is 1.49. The van der Waals surface area contributed by atoms with Crippen molar-refractivity contribution in [3.63, 3.8) is 0 Å². The van der Waals surface area contributed by atoms with Gasteiger partial charge in [0.15, 0.2) is 6.61 Å². The molecule has 0 bridgehead atoms. The van der Waals surface area contributed by atoms with E-state index in [1.807, 2.05) is 29.6 Å². The molecule has 3 rings (SSSR count). The molecule has 0 fully saturated rings. The lowest BCUT2D eigenvalue weighted by Crippen LogP contribution is -2.30. The van der Waals surface area contributed by atoms with E-state index in [4.69, 9.17) is 9.47 Å². The number of carbonyl (C=O) groups is 2. The number of ether oxygens (including phenoxy) is 2. The molecule has 1 aromatic carbocycles. The number of aromatic amines is 1. The number of H-pyrrole nitrogens is 1. The van der Waals surface area contributed by atoms with Gasteiger partial charge in [0.1, 0.15) is 11.4 Å². The number of fused-ring (bicyclic) bond motifs is 1. The number of aromatic nitrogens is 1. The molecule has 0 aliphatic carbocycles. The second-order valence-corrected chi connectivity index (χ2v) is 6.42. The molecule has 2 N–H and O–H groups in total. The largest absolute Gasteiger partial charge is 0.497 e. The summed E-state index contributed by atoms with van der Waals surface area (Å²) in [6, 6.07) is 11.1. The fraction of sp³-hybridized carbons (Fsp3) is 0.222. The lowest BCUT2D eigenvalue weighted by Gasteiger charge is -2.05. The molecule has 25 heavy (non-hydrogen) atoms. The van der Waals surface area contributed by atoms with Crippen molar-refractivity contribution in [3.8, 4) is 5.75 Å². The molecule has 3 aromatic rings. The normalized spacial score (nSPS) is 10.6. The standard InChI is InChI=1S/C18H18N2O4S/c1-23-13-5-4-12-9-16(20-15(12)10-13)18(22)24-11-17(21)19-7-6-14-3-2-8-25-14/h2-5,8-10,20H,6-7,11H2,1H3,(H,19,21). The summed E-state index contributed by atoms with van der Waals surface area (Å²) in [5, 5.41) is 5.60. The van der Waals surface area contributed by atoms with Gasteiger partial charge in [0.25, 0.3) is 5.91 Å². The van der Waals surface area contributed by atoms with Crippen LogP contribution in [-0.2, 0) is 16.0 Å². The molecule has 6 nitrogen and oxygen atoms in total. The van der Waals surface area contributed by atoms with Gasteiger partial charge in [-0.05, 0) is 36.1 Å². The van der Waals surface area contributed by atoms with E-state index in [2.05, 4.69) is 10.3 Å². The molecule has 0 unspecified atom stereocenters. The van der Waals surface area contributed by atoms with Crippen LogP contribution < -0.4 is 10.1 Å². The zero-order valence-corrected chi connectivity index (χ0v) is 14.5. The van der Waals surface area contributed by atoms with Crippen molar-refractivity contribution in [3.05, 3.63) is 52.3 Å². The van der Waals surface area contributed by atoms with Crippen molar-refractivity contribution >= 4 is 34.1 Å². The molecular weight excluding hydrogens is 340 g/mol. The van der Waals surface area contributed by atoms with Gasteiger partial charge in [-0.3, -0.25) is 4.79 Å². The summed E-state index contributed by atoms with van der Waals surface area (Å²) < 4.78 is 10.2. The van der Waals surface area contributed by atoms with Crippen LogP contribution in [0.5, 0.6) is 5.75 Å². The topological polar surface area (TPSA) is 80.4 Å². The molecule has 130 valence electrons. The molecule has 2 aromatic heterocycles. The number of methoxy groups -OCH3 is 1. The third-order valence-corrected chi connectivity index (χ3v) is 4.59. The molecule has 7 heteroatoms. The molecule has 2 heterocycles. The van der Waals surface area contributed by atoms with Gasteiger partial charge in [0.2, 0.25) is 0 Å². The predicted octanol–water partition coefficient (Wildman–Crippen LogP) is 2.75. The smallest absolute Gasteiger partial charge is 0.355 e. The van der Waals surface area contributed by atoms with Gasteiger partial charge in [-0.1, -0.05) is 6.07 Å². The van der Waals surface area contributed by atoms with E-state index in [1.165, 1.54) is 4.88 Å². The van der Waals surface area contributed by atoms with Gasteiger partial charge in [-0.2, -0.15) is 0 Å². The molecule has 1 amide bonds. The first-order chi connectivity index (χ1) is 12.2. The Morgan fingerprint density at radius 2 is 2.12 bits per heavy atom. The van der Waals surface area contributed by atoms with Crippen LogP contribution in [0.25, 0.3) is 10.9 Å². The van der Waals surface area contributed by atoms with Crippen LogP contribution in [0.3, 0.4) is 0 Å². The summed E-state index contributed by atoms with van der Waals surface area (Å²) >= 11 is 1.64. The molecule has 0 spiro atoms.